The Balaban J connectivity index is 1.81. The van der Waals surface area contributed by atoms with Gasteiger partial charge in [0.15, 0.2) is 11.5 Å². The first-order valence-electron chi connectivity index (χ1n) is 6.49. The number of fused-ring (bicyclic) bond motifs is 1. The van der Waals surface area contributed by atoms with Crippen LogP contribution in [-0.4, -0.2) is 19.1 Å². The molecule has 0 radical (unpaired) electrons. The van der Waals surface area contributed by atoms with Crippen LogP contribution < -0.4 is 26.3 Å². The van der Waals surface area contributed by atoms with Crippen molar-refractivity contribution >= 4 is 23.0 Å². The van der Waals surface area contributed by atoms with Crippen molar-refractivity contribution in [2.75, 3.05) is 30.0 Å². The van der Waals surface area contributed by atoms with Crippen molar-refractivity contribution in [3.05, 3.63) is 42.0 Å². The predicted molar refractivity (Wildman–Crippen MR) is 80.7 cm³/mol. The molecule has 21 heavy (non-hydrogen) atoms. The third kappa shape index (κ3) is 2.84. The van der Waals surface area contributed by atoms with Crippen LogP contribution in [-0.2, 0) is 0 Å². The molecule has 0 unspecified atom stereocenters. The third-order valence-electron chi connectivity index (χ3n) is 3.04. The maximum atomic E-state index is 12.2. The molecule has 0 bridgehead atoms. The number of amides is 1. The van der Waals surface area contributed by atoms with E-state index in [2.05, 4.69) is 5.32 Å². The Morgan fingerprint density at radius 1 is 0.952 bits per heavy atom. The molecule has 2 aromatic rings. The Bertz CT molecular complexity index is 680. The van der Waals surface area contributed by atoms with E-state index in [1.54, 1.807) is 36.4 Å². The molecule has 0 aliphatic carbocycles. The minimum Gasteiger partial charge on any atom is -0.486 e. The Morgan fingerprint density at radius 3 is 2.33 bits per heavy atom. The minimum atomic E-state index is -0.286. The fraction of sp³-hybridized carbons (Fsp3) is 0.133. The van der Waals surface area contributed by atoms with E-state index < -0.39 is 0 Å². The number of ether oxygens (including phenoxy) is 2. The maximum Gasteiger partial charge on any atom is 0.255 e. The molecule has 5 N–H and O–H groups in total. The number of hydrogen-bond donors (Lipinski definition) is 3. The molecular weight excluding hydrogens is 270 g/mol. The van der Waals surface area contributed by atoms with E-state index in [1.165, 1.54) is 0 Å². The van der Waals surface area contributed by atoms with Gasteiger partial charge < -0.3 is 26.3 Å². The average Bonchev–Trinajstić information content (AvgIpc) is 2.46. The molecular formula is C15H15N3O3. The molecule has 1 amide bonds. The molecule has 0 saturated carbocycles. The monoisotopic (exact) mass is 285 g/mol. The summed E-state index contributed by atoms with van der Waals surface area (Å²) >= 11 is 0. The van der Waals surface area contributed by atoms with E-state index in [9.17, 15) is 4.79 Å². The maximum absolute atomic E-state index is 12.2. The van der Waals surface area contributed by atoms with E-state index >= 15 is 0 Å². The van der Waals surface area contributed by atoms with Crippen LogP contribution in [0.5, 0.6) is 11.5 Å². The van der Waals surface area contributed by atoms with Crippen molar-refractivity contribution in [1.82, 2.24) is 0 Å². The van der Waals surface area contributed by atoms with Crippen LogP contribution in [0.15, 0.2) is 36.4 Å². The molecule has 1 aliphatic rings. The molecule has 0 spiro atoms. The summed E-state index contributed by atoms with van der Waals surface area (Å²) in [7, 11) is 0. The summed E-state index contributed by atoms with van der Waals surface area (Å²) in [5, 5.41) is 2.78. The van der Waals surface area contributed by atoms with Gasteiger partial charge in [0.25, 0.3) is 5.91 Å². The molecule has 2 aromatic carbocycles. The minimum absolute atomic E-state index is 0.286. The molecule has 6 heteroatoms. The van der Waals surface area contributed by atoms with Crippen LogP contribution in [0, 0.1) is 0 Å². The van der Waals surface area contributed by atoms with Gasteiger partial charge in [0.1, 0.15) is 13.2 Å². The predicted octanol–water partition coefficient (Wildman–Crippen LogP) is 1.87. The Morgan fingerprint density at radius 2 is 1.62 bits per heavy atom. The summed E-state index contributed by atoms with van der Waals surface area (Å²) in [4.78, 5) is 12.2. The number of nitrogens with two attached hydrogens (primary N) is 2. The zero-order valence-electron chi connectivity index (χ0n) is 11.3. The van der Waals surface area contributed by atoms with Crippen LogP contribution in [0.3, 0.4) is 0 Å². The van der Waals surface area contributed by atoms with E-state index in [4.69, 9.17) is 20.9 Å². The smallest absolute Gasteiger partial charge is 0.255 e. The van der Waals surface area contributed by atoms with E-state index in [-0.39, 0.29) is 5.91 Å². The van der Waals surface area contributed by atoms with Gasteiger partial charge in [-0.2, -0.15) is 0 Å². The second kappa shape index (κ2) is 5.24. The molecule has 0 aromatic heterocycles. The first-order chi connectivity index (χ1) is 10.1. The molecule has 3 rings (SSSR count). The van der Waals surface area contributed by atoms with Crippen molar-refractivity contribution in [3.8, 4) is 11.5 Å². The lowest BCUT2D eigenvalue weighted by molar-refractivity contribution is 0.102. The van der Waals surface area contributed by atoms with Crippen LogP contribution in [0.2, 0.25) is 0 Å². The van der Waals surface area contributed by atoms with Crippen molar-refractivity contribution in [1.29, 1.82) is 0 Å². The molecule has 1 heterocycles. The number of nitrogen functional groups attached to an aromatic ring is 2. The molecule has 1 aliphatic heterocycles. The molecule has 108 valence electrons. The number of benzene rings is 2. The van der Waals surface area contributed by atoms with Crippen LogP contribution in [0.4, 0.5) is 17.1 Å². The van der Waals surface area contributed by atoms with Gasteiger partial charge in [0.2, 0.25) is 0 Å². The van der Waals surface area contributed by atoms with Crippen molar-refractivity contribution in [2.45, 2.75) is 0 Å². The quantitative estimate of drug-likeness (QED) is 0.731. The normalized spacial score (nSPS) is 12.8. The summed E-state index contributed by atoms with van der Waals surface area (Å²) in [5.74, 6) is 1.00. The van der Waals surface area contributed by atoms with Crippen molar-refractivity contribution in [3.63, 3.8) is 0 Å². The largest absolute Gasteiger partial charge is 0.486 e. The highest BCUT2D eigenvalue weighted by atomic mass is 16.6. The standard InChI is InChI=1S/C15H15N3O3/c16-10-5-9(6-11(17)7-10)15(19)18-12-1-2-13-14(8-12)21-4-3-20-13/h1-2,5-8H,3-4,16-17H2,(H,18,19). The first-order valence-corrected chi connectivity index (χ1v) is 6.49. The number of rotatable bonds is 2. The van der Waals surface area contributed by atoms with Crippen LogP contribution in [0.25, 0.3) is 0 Å². The molecule has 0 fully saturated rings. The number of nitrogens with one attached hydrogen (secondary N) is 1. The van der Waals surface area contributed by atoms with Crippen LogP contribution >= 0.6 is 0 Å². The third-order valence-corrected chi connectivity index (χ3v) is 3.04. The van der Waals surface area contributed by atoms with Gasteiger partial charge in [-0.25, -0.2) is 0 Å². The number of carbonyl (C=O) groups excluding carboxylic acids is 1. The fourth-order valence-corrected chi connectivity index (χ4v) is 2.13. The van der Waals surface area contributed by atoms with Gasteiger partial charge in [0.05, 0.1) is 0 Å². The SMILES string of the molecule is Nc1cc(N)cc(C(=O)Nc2ccc3c(c2)OCCO3)c1. The van der Waals surface area contributed by atoms with E-state index in [0.717, 1.165) is 0 Å². The van der Waals surface area contributed by atoms with Gasteiger partial charge in [0, 0.05) is 28.7 Å². The van der Waals surface area contributed by atoms with E-state index in [1.807, 2.05) is 0 Å². The first kappa shape index (κ1) is 13.1. The van der Waals surface area contributed by atoms with Crippen molar-refractivity contribution < 1.29 is 14.3 Å². The zero-order valence-corrected chi connectivity index (χ0v) is 11.3. The highest BCUT2D eigenvalue weighted by Crippen LogP contribution is 2.32. The number of anilines is 3. The Kier molecular flexibility index (Phi) is 3.27. The average molecular weight is 285 g/mol. The molecule has 0 saturated heterocycles. The van der Waals surface area contributed by atoms with Gasteiger partial charge in [-0.3, -0.25) is 4.79 Å². The number of hydrogen-bond acceptors (Lipinski definition) is 5. The van der Waals surface area contributed by atoms with Gasteiger partial charge in [-0.1, -0.05) is 0 Å². The second-order valence-corrected chi connectivity index (χ2v) is 4.70. The molecule has 6 nitrogen and oxygen atoms in total. The Hall–Kier alpha value is -2.89. The summed E-state index contributed by atoms with van der Waals surface area (Å²) < 4.78 is 10.9. The van der Waals surface area contributed by atoms with E-state index in [0.29, 0.717) is 47.3 Å². The highest BCUT2D eigenvalue weighted by molar-refractivity contribution is 6.05. The number of carbonyl (C=O) groups is 1. The summed E-state index contributed by atoms with van der Waals surface area (Å²) in [6.07, 6.45) is 0. The summed E-state index contributed by atoms with van der Waals surface area (Å²) in [6.45, 7) is 1.03. The highest BCUT2D eigenvalue weighted by Gasteiger charge is 2.13. The fourth-order valence-electron chi connectivity index (χ4n) is 2.13. The lowest BCUT2D eigenvalue weighted by Gasteiger charge is -2.19. The topological polar surface area (TPSA) is 99.6 Å². The molecule has 0 atom stereocenters. The second-order valence-electron chi connectivity index (χ2n) is 4.70. The summed E-state index contributed by atoms with van der Waals surface area (Å²) in [6, 6.07) is 9.98. The van der Waals surface area contributed by atoms with Crippen molar-refractivity contribution in [2.24, 2.45) is 0 Å². The summed E-state index contributed by atoms with van der Waals surface area (Å²) in [5.41, 5.74) is 13.3. The van der Waals surface area contributed by atoms with Gasteiger partial charge >= 0.3 is 0 Å². The lowest BCUT2D eigenvalue weighted by atomic mass is 10.1. The van der Waals surface area contributed by atoms with Gasteiger partial charge in [-0.05, 0) is 30.3 Å². The van der Waals surface area contributed by atoms with Gasteiger partial charge in [-0.15, -0.1) is 0 Å². The van der Waals surface area contributed by atoms with Crippen LogP contribution in [0.1, 0.15) is 10.4 Å². The zero-order chi connectivity index (χ0) is 14.8. The lowest BCUT2D eigenvalue weighted by Crippen LogP contribution is -2.16. The Labute approximate surface area is 121 Å².